The third-order valence-electron chi connectivity index (χ3n) is 4.52. The first-order chi connectivity index (χ1) is 13.3. The molecule has 28 heavy (non-hydrogen) atoms. The van der Waals surface area contributed by atoms with Crippen LogP contribution in [0.2, 0.25) is 0 Å². The molecule has 0 spiro atoms. The van der Waals surface area contributed by atoms with Crippen molar-refractivity contribution in [3.05, 3.63) is 46.2 Å². The van der Waals surface area contributed by atoms with Gasteiger partial charge in [0, 0.05) is 27.9 Å². The SMILES string of the molecule is CC(C)(C)OC(=O)N1CCc2c(sc(N)c2-c2nc(-c3ccccc3)cs2)C1. The van der Waals surface area contributed by atoms with E-state index in [-0.39, 0.29) is 6.09 Å². The fraction of sp³-hybridized carbons (Fsp3) is 0.333. The van der Waals surface area contributed by atoms with Gasteiger partial charge in [-0.15, -0.1) is 22.7 Å². The number of benzene rings is 1. The molecule has 7 heteroatoms. The van der Waals surface area contributed by atoms with Crippen LogP contribution in [0.25, 0.3) is 21.8 Å². The minimum atomic E-state index is -0.494. The van der Waals surface area contributed by atoms with Gasteiger partial charge in [-0.05, 0) is 32.8 Å². The number of anilines is 1. The number of aromatic nitrogens is 1. The van der Waals surface area contributed by atoms with Crippen LogP contribution in [-0.2, 0) is 17.7 Å². The fourth-order valence-electron chi connectivity index (χ4n) is 3.27. The monoisotopic (exact) mass is 413 g/mol. The van der Waals surface area contributed by atoms with Crippen molar-refractivity contribution in [2.24, 2.45) is 0 Å². The van der Waals surface area contributed by atoms with Crippen molar-refractivity contribution in [2.45, 2.75) is 39.3 Å². The molecule has 1 aliphatic rings. The molecule has 2 N–H and O–H groups in total. The number of amides is 1. The Kier molecular flexibility index (Phi) is 4.89. The van der Waals surface area contributed by atoms with E-state index in [2.05, 4.69) is 17.5 Å². The van der Waals surface area contributed by atoms with Crippen LogP contribution >= 0.6 is 22.7 Å². The summed E-state index contributed by atoms with van der Waals surface area (Å²) in [5.41, 5.74) is 10.2. The summed E-state index contributed by atoms with van der Waals surface area (Å²) in [7, 11) is 0. The summed E-state index contributed by atoms with van der Waals surface area (Å²) in [4.78, 5) is 20.1. The lowest BCUT2D eigenvalue weighted by molar-refractivity contribution is 0.0227. The van der Waals surface area contributed by atoms with Gasteiger partial charge in [0.2, 0.25) is 0 Å². The lowest BCUT2D eigenvalue weighted by Crippen LogP contribution is -2.39. The fourth-order valence-corrected chi connectivity index (χ4v) is 5.39. The predicted octanol–water partition coefficient (Wildman–Crippen LogP) is 5.41. The molecule has 0 aliphatic carbocycles. The van der Waals surface area contributed by atoms with Crippen molar-refractivity contribution in [2.75, 3.05) is 12.3 Å². The number of nitrogen functional groups attached to an aromatic ring is 1. The number of rotatable bonds is 2. The van der Waals surface area contributed by atoms with Gasteiger partial charge < -0.3 is 15.4 Å². The molecule has 0 saturated heterocycles. The first-order valence-electron chi connectivity index (χ1n) is 9.21. The van der Waals surface area contributed by atoms with Crippen LogP contribution in [0, 0.1) is 0 Å². The smallest absolute Gasteiger partial charge is 0.410 e. The van der Waals surface area contributed by atoms with E-state index >= 15 is 0 Å². The van der Waals surface area contributed by atoms with Crippen LogP contribution in [0.1, 0.15) is 31.2 Å². The van der Waals surface area contributed by atoms with E-state index in [0.29, 0.717) is 13.1 Å². The molecule has 0 atom stereocenters. The average Bonchev–Trinajstić information content (AvgIpc) is 3.23. The zero-order valence-electron chi connectivity index (χ0n) is 16.2. The molecule has 4 rings (SSSR count). The molecule has 5 nitrogen and oxygen atoms in total. The molecule has 0 bridgehead atoms. The lowest BCUT2D eigenvalue weighted by atomic mass is 10.0. The van der Waals surface area contributed by atoms with Crippen molar-refractivity contribution in [3.63, 3.8) is 0 Å². The number of thiazole rings is 1. The summed E-state index contributed by atoms with van der Waals surface area (Å²) >= 11 is 3.17. The third kappa shape index (κ3) is 3.77. The standard InChI is InChI=1S/C21H23N3O2S2/c1-21(2,3)26-20(25)24-10-9-14-16(11-24)28-18(22)17(14)19-23-15(12-27-19)13-7-5-4-6-8-13/h4-8,12H,9-11,22H2,1-3H3. The Morgan fingerprint density at radius 2 is 2.00 bits per heavy atom. The highest BCUT2D eigenvalue weighted by atomic mass is 32.1. The largest absolute Gasteiger partial charge is 0.444 e. The molecular weight excluding hydrogens is 390 g/mol. The number of ether oxygens (including phenoxy) is 1. The Labute approximate surface area is 172 Å². The first kappa shape index (κ1) is 19.0. The summed E-state index contributed by atoms with van der Waals surface area (Å²) in [5, 5.41) is 3.79. The second-order valence-corrected chi connectivity index (χ2v) is 9.79. The van der Waals surface area contributed by atoms with Crippen molar-refractivity contribution in [1.29, 1.82) is 0 Å². The van der Waals surface area contributed by atoms with Gasteiger partial charge in [0.25, 0.3) is 0 Å². The van der Waals surface area contributed by atoms with E-state index in [0.717, 1.165) is 38.1 Å². The van der Waals surface area contributed by atoms with Gasteiger partial charge in [-0.3, -0.25) is 0 Å². The molecule has 0 saturated carbocycles. The van der Waals surface area contributed by atoms with Gasteiger partial charge in [-0.2, -0.15) is 0 Å². The molecule has 1 amide bonds. The number of thiophene rings is 1. The molecule has 2 aromatic heterocycles. The maximum absolute atomic E-state index is 12.4. The summed E-state index contributed by atoms with van der Waals surface area (Å²) in [6.45, 7) is 6.81. The van der Waals surface area contributed by atoms with Gasteiger partial charge in [0.1, 0.15) is 10.6 Å². The minimum absolute atomic E-state index is 0.271. The highest BCUT2D eigenvalue weighted by Crippen LogP contribution is 2.43. The quantitative estimate of drug-likeness (QED) is 0.609. The molecular formula is C21H23N3O2S2. The second kappa shape index (κ2) is 7.22. The molecule has 146 valence electrons. The molecule has 0 unspecified atom stereocenters. The van der Waals surface area contributed by atoms with Crippen LogP contribution in [0.5, 0.6) is 0 Å². The zero-order chi connectivity index (χ0) is 19.9. The van der Waals surface area contributed by atoms with Crippen LogP contribution in [0.4, 0.5) is 9.80 Å². The Hall–Kier alpha value is -2.38. The Balaban J connectivity index is 1.60. The molecule has 1 aromatic carbocycles. The van der Waals surface area contributed by atoms with E-state index in [1.165, 1.54) is 5.56 Å². The Morgan fingerprint density at radius 1 is 1.25 bits per heavy atom. The first-order valence-corrected chi connectivity index (χ1v) is 10.9. The summed E-state index contributed by atoms with van der Waals surface area (Å²) in [6, 6.07) is 10.1. The minimum Gasteiger partial charge on any atom is -0.444 e. The highest BCUT2D eigenvalue weighted by Gasteiger charge is 2.30. The van der Waals surface area contributed by atoms with Crippen LogP contribution < -0.4 is 5.73 Å². The predicted molar refractivity (Wildman–Crippen MR) is 116 cm³/mol. The lowest BCUT2D eigenvalue weighted by Gasteiger charge is -2.30. The molecule has 3 heterocycles. The van der Waals surface area contributed by atoms with Crippen LogP contribution in [-0.4, -0.2) is 28.1 Å². The topological polar surface area (TPSA) is 68.5 Å². The summed E-state index contributed by atoms with van der Waals surface area (Å²) in [6.07, 6.45) is 0.491. The number of carbonyl (C=O) groups is 1. The van der Waals surface area contributed by atoms with Gasteiger partial charge in [-0.25, -0.2) is 9.78 Å². The average molecular weight is 414 g/mol. The summed E-state index contributed by atoms with van der Waals surface area (Å²) < 4.78 is 5.52. The van der Waals surface area contributed by atoms with E-state index in [1.54, 1.807) is 27.6 Å². The Morgan fingerprint density at radius 3 is 2.71 bits per heavy atom. The maximum atomic E-state index is 12.4. The number of nitrogens with zero attached hydrogens (tertiary/aromatic N) is 2. The highest BCUT2D eigenvalue weighted by molar-refractivity contribution is 7.18. The molecule has 0 fully saturated rings. The van der Waals surface area contributed by atoms with Crippen molar-refractivity contribution >= 4 is 33.8 Å². The van der Waals surface area contributed by atoms with E-state index in [9.17, 15) is 4.79 Å². The normalized spacial score (nSPS) is 14.0. The van der Waals surface area contributed by atoms with E-state index < -0.39 is 5.60 Å². The van der Waals surface area contributed by atoms with Crippen molar-refractivity contribution in [3.8, 4) is 21.8 Å². The number of hydrogen-bond acceptors (Lipinski definition) is 6. The maximum Gasteiger partial charge on any atom is 0.410 e. The van der Waals surface area contributed by atoms with Gasteiger partial charge in [-0.1, -0.05) is 30.3 Å². The number of carbonyl (C=O) groups excluding carboxylic acids is 1. The van der Waals surface area contributed by atoms with Crippen molar-refractivity contribution in [1.82, 2.24) is 9.88 Å². The summed E-state index contributed by atoms with van der Waals surface area (Å²) in [5.74, 6) is 0. The number of hydrogen-bond donors (Lipinski definition) is 1. The van der Waals surface area contributed by atoms with E-state index in [4.69, 9.17) is 15.5 Å². The number of fused-ring (bicyclic) bond motifs is 1. The van der Waals surface area contributed by atoms with Crippen LogP contribution in [0.3, 0.4) is 0 Å². The second-order valence-electron chi connectivity index (χ2n) is 7.80. The van der Waals surface area contributed by atoms with E-state index in [1.807, 2.05) is 39.0 Å². The van der Waals surface area contributed by atoms with Gasteiger partial charge in [0.05, 0.1) is 17.2 Å². The van der Waals surface area contributed by atoms with Crippen LogP contribution in [0.15, 0.2) is 35.7 Å². The van der Waals surface area contributed by atoms with Crippen molar-refractivity contribution < 1.29 is 9.53 Å². The third-order valence-corrected chi connectivity index (χ3v) is 6.43. The molecule has 1 aliphatic heterocycles. The van der Waals surface area contributed by atoms with Gasteiger partial charge in [0.15, 0.2) is 0 Å². The molecule has 0 radical (unpaired) electrons. The Bertz CT molecular complexity index is 1000. The number of nitrogens with two attached hydrogens (primary N) is 1. The van der Waals surface area contributed by atoms with Gasteiger partial charge >= 0.3 is 6.09 Å². The molecule has 3 aromatic rings. The zero-order valence-corrected chi connectivity index (χ0v) is 17.8.